The van der Waals surface area contributed by atoms with Crippen molar-refractivity contribution in [3.8, 4) is 17.0 Å². The molecular formula is C23H24N4O3. The summed E-state index contributed by atoms with van der Waals surface area (Å²) >= 11 is 0. The van der Waals surface area contributed by atoms with Gasteiger partial charge in [-0.2, -0.15) is 5.10 Å². The maximum absolute atomic E-state index is 12.9. The van der Waals surface area contributed by atoms with E-state index in [1.54, 1.807) is 20.1 Å². The molecule has 1 aromatic heterocycles. The van der Waals surface area contributed by atoms with Crippen molar-refractivity contribution in [2.45, 2.75) is 6.92 Å². The SMILES string of the molecule is COc1cccc(-c2cc(C(=O)N3CCN(c4ccc(C(C)=O)cc4)CC3)[nH]n2)c1. The highest BCUT2D eigenvalue weighted by molar-refractivity contribution is 5.94. The molecule has 1 fully saturated rings. The van der Waals surface area contributed by atoms with Gasteiger partial charge in [-0.25, -0.2) is 0 Å². The van der Waals surface area contributed by atoms with Crippen LogP contribution in [0.2, 0.25) is 0 Å². The van der Waals surface area contributed by atoms with E-state index in [0.717, 1.165) is 30.1 Å². The van der Waals surface area contributed by atoms with Gasteiger partial charge in [0.15, 0.2) is 5.78 Å². The van der Waals surface area contributed by atoms with Gasteiger partial charge in [0.1, 0.15) is 11.4 Å². The Labute approximate surface area is 175 Å². The number of ketones is 1. The summed E-state index contributed by atoms with van der Waals surface area (Å²) in [4.78, 5) is 28.4. The molecule has 2 heterocycles. The number of carbonyl (C=O) groups is 2. The van der Waals surface area contributed by atoms with Gasteiger partial charge in [0.25, 0.3) is 5.91 Å². The van der Waals surface area contributed by atoms with Crippen molar-refractivity contribution < 1.29 is 14.3 Å². The van der Waals surface area contributed by atoms with Crippen LogP contribution in [-0.4, -0.2) is 60.1 Å². The number of rotatable bonds is 5. The largest absolute Gasteiger partial charge is 0.497 e. The van der Waals surface area contributed by atoms with Crippen LogP contribution in [0.3, 0.4) is 0 Å². The van der Waals surface area contributed by atoms with Crippen LogP contribution in [-0.2, 0) is 0 Å². The van der Waals surface area contributed by atoms with Crippen molar-refractivity contribution in [2.24, 2.45) is 0 Å². The zero-order chi connectivity index (χ0) is 21.1. The number of anilines is 1. The molecule has 2 aromatic carbocycles. The number of aromatic nitrogens is 2. The van der Waals surface area contributed by atoms with Crippen molar-refractivity contribution in [2.75, 3.05) is 38.2 Å². The summed E-state index contributed by atoms with van der Waals surface area (Å²) in [5, 5.41) is 7.17. The number of H-pyrrole nitrogens is 1. The number of nitrogens with zero attached hydrogens (tertiary/aromatic N) is 3. The molecular weight excluding hydrogens is 380 g/mol. The number of benzene rings is 2. The third-order valence-electron chi connectivity index (χ3n) is 5.38. The van der Waals surface area contributed by atoms with Crippen molar-refractivity contribution in [1.82, 2.24) is 15.1 Å². The number of methoxy groups -OCH3 is 1. The summed E-state index contributed by atoms with van der Waals surface area (Å²) in [7, 11) is 1.62. The first-order valence-electron chi connectivity index (χ1n) is 9.90. The fraction of sp³-hybridized carbons (Fsp3) is 0.261. The van der Waals surface area contributed by atoms with Crippen LogP contribution in [0.25, 0.3) is 11.3 Å². The molecule has 30 heavy (non-hydrogen) atoms. The summed E-state index contributed by atoms with van der Waals surface area (Å²) < 4.78 is 5.26. The van der Waals surface area contributed by atoms with E-state index in [1.165, 1.54) is 0 Å². The second kappa shape index (κ2) is 8.41. The molecule has 7 nitrogen and oxygen atoms in total. The Morgan fingerprint density at radius 2 is 1.73 bits per heavy atom. The van der Waals surface area contributed by atoms with Gasteiger partial charge in [0.2, 0.25) is 0 Å². The van der Waals surface area contributed by atoms with Crippen LogP contribution in [0, 0.1) is 0 Å². The maximum Gasteiger partial charge on any atom is 0.272 e. The molecule has 3 aromatic rings. The summed E-state index contributed by atoms with van der Waals surface area (Å²) in [6.07, 6.45) is 0. The smallest absolute Gasteiger partial charge is 0.272 e. The lowest BCUT2D eigenvalue weighted by atomic mass is 10.1. The number of aromatic amines is 1. The second-order valence-corrected chi connectivity index (χ2v) is 7.28. The molecule has 4 rings (SSSR count). The fourth-order valence-electron chi connectivity index (χ4n) is 3.61. The van der Waals surface area contributed by atoms with E-state index in [4.69, 9.17) is 4.74 Å². The Kier molecular flexibility index (Phi) is 5.52. The lowest BCUT2D eigenvalue weighted by Crippen LogP contribution is -2.48. The van der Waals surface area contributed by atoms with E-state index in [9.17, 15) is 9.59 Å². The normalized spacial score (nSPS) is 13.9. The van der Waals surface area contributed by atoms with Gasteiger partial charge in [0.05, 0.1) is 12.8 Å². The van der Waals surface area contributed by atoms with Crippen molar-refractivity contribution in [3.63, 3.8) is 0 Å². The predicted octanol–water partition coefficient (Wildman–Crippen LogP) is 3.25. The summed E-state index contributed by atoms with van der Waals surface area (Å²) in [6, 6.07) is 17.0. The van der Waals surface area contributed by atoms with Crippen molar-refractivity contribution >= 4 is 17.4 Å². The van der Waals surface area contributed by atoms with Crippen LogP contribution in [0.15, 0.2) is 54.6 Å². The number of carbonyl (C=O) groups excluding carboxylic acids is 2. The number of hydrogen-bond acceptors (Lipinski definition) is 5. The van der Waals surface area contributed by atoms with Crippen LogP contribution >= 0.6 is 0 Å². The summed E-state index contributed by atoms with van der Waals surface area (Å²) in [5.41, 5.74) is 3.85. The van der Waals surface area contributed by atoms with Crippen LogP contribution in [0.5, 0.6) is 5.75 Å². The molecule has 1 aliphatic rings. The van der Waals surface area contributed by atoms with E-state index in [0.29, 0.717) is 30.0 Å². The average molecular weight is 404 g/mol. The quantitative estimate of drug-likeness (QED) is 0.661. The van der Waals surface area contributed by atoms with Gasteiger partial charge in [-0.15, -0.1) is 0 Å². The van der Waals surface area contributed by atoms with Gasteiger partial charge in [-0.3, -0.25) is 14.7 Å². The fourth-order valence-corrected chi connectivity index (χ4v) is 3.61. The number of amides is 1. The molecule has 0 aliphatic carbocycles. The van der Waals surface area contributed by atoms with Crippen molar-refractivity contribution in [3.05, 3.63) is 65.9 Å². The van der Waals surface area contributed by atoms with Gasteiger partial charge >= 0.3 is 0 Å². The zero-order valence-corrected chi connectivity index (χ0v) is 17.1. The first-order chi connectivity index (χ1) is 14.5. The molecule has 0 radical (unpaired) electrons. The zero-order valence-electron chi connectivity index (χ0n) is 17.1. The Bertz CT molecular complexity index is 1050. The molecule has 1 amide bonds. The first-order valence-corrected chi connectivity index (χ1v) is 9.90. The molecule has 0 atom stereocenters. The Hall–Kier alpha value is -3.61. The number of piperazine rings is 1. The third-order valence-corrected chi connectivity index (χ3v) is 5.38. The highest BCUT2D eigenvalue weighted by atomic mass is 16.5. The van der Waals surface area contributed by atoms with Crippen LogP contribution in [0.1, 0.15) is 27.8 Å². The predicted molar refractivity (Wildman–Crippen MR) is 115 cm³/mol. The molecule has 1 saturated heterocycles. The van der Waals surface area contributed by atoms with E-state index in [-0.39, 0.29) is 11.7 Å². The highest BCUT2D eigenvalue weighted by Gasteiger charge is 2.24. The topological polar surface area (TPSA) is 78.5 Å². The minimum atomic E-state index is -0.0526. The Morgan fingerprint density at radius 3 is 2.40 bits per heavy atom. The molecule has 7 heteroatoms. The van der Waals surface area contributed by atoms with Gasteiger partial charge in [-0.1, -0.05) is 12.1 Å². The number of nitrogens with one attached hydrogen (secondary N) is 1. The standard InChI is InChI=1S/C23H24N4O3/c1-16(28)17-6-8-19(9-7-17)26-10-12-27(13-11-26)23(29)22-15-21(24-25-22)18-4-3-5-20(14-18)30-2/h3-9,14-15H,10-13H2,1-2H3,(H,24,25). The lowest BCUT2D eigenvalue weighted by molar-refractivity contribution is 0.0740. The van der Waals surface area contributed by atoms with Gasteiger partial charge in [-0.05, 0) is 49.4 Å². The second-order valence-electron chi connectivity index (χ2n) is 7.28. The van der Waals surface area contributed by atoms with Crippen LogP contribution in [0.4, 0.5) is 5.69 Å². The summed E-state index contributed by atoms with van der Waals surface area (Å²) in [5.74, 6) is 0.754. The van der Waals surface area contributed by atoms with E-state index in [2.05, 4.69) is 15.1 Å². The van der Waals surface area contributed by atoms with Gasteiger partial charge < -0.3 is 14.5 Å². The molecule has 1 N–H and O–H groups in total. The number of ether oxygens (including phenoxy) is 1. The molecule has 1 aliphatic heterocycles. The van der Waals surface area contributed by atoms with E-state index in [1.807, 2.05) is 53.4 Å². The average Bonchev–Trinajstić information content (AvgIpc) is 3.29. The van der Waals surface area contributed by atoms with Crippen molar-refractivity contribution in [1.29, 1.82) is 0 Å². The Morgan fingerprint density at radius 1 is 1.00 bits per heavy atom. The minimum Gasteiger partial charge on any atom is -0.497 e. The number of hydrogen-bond donors (Lipinski definition) is 1. The molecule has 0 unspecified atom stereocenters. The maximum atomic E-state index is 12.9. The minimum absolute atomic E-state index is 0.0526. The molecule has 0 spiro atoms. The lowest BCUT2D eigenvalue weighted by Gasteiger charge is -2.36. The van der Waals surface area contributed by atoms with E-state index >= 15 is 0 Å². The van der Waals surface area contributed by atoms with E-state index < -0.39 is 0 Å². The Balaban J connectivity index is 1.40. The highest BCUT2D eigenvalue weighted by Crippen LogP contribution is 2.23. The molecule has 0 bridgehead atoms. The first kappa shape index (κ1) is 19.7. The summed E-state index contributed by atoms with van der Waals surface area (Å²) in [6.45, 7) is 4.29. The monoisotopic (exact) mass is 404 g/mol. The third kappa shape index (κ3) is 4.05. The van der Waals surface area contributed by atoms with Gasteiger partial charge in [0, 0.05) is 43.0 Å². The molecule has 0 saturated carbocycles. The molecule has 154 valence electrons. The number of Topliss-reactive ketones (excluding diaryl/α,β-unsaturated/α-hetero) is 1. The van der Waals surface area contributed by atoms with Crippen LogP contribution < -0.4 is 9.64 Å².